The SMILES string of the molecule is c1ccc(-c2nn[nH]n2)c(-c2ccc(CN3CCN(c4nsc5ccccc45)CC3)cc2)c1. The molecular formula is C25H23N7S. The zero-order valence-electron chi connectivity index (χ0n) is 18.1. The molecule has 0 radical (unpaired) electrons. The molecule has 1 aliphatic heterocycles. The Morgan fingerprint density at radius 2 is 1.58 bits per heavy atom. The highest BCUT2D eigenvalue weighted by Gasteiger charge is 2.21. The molecule has 1 N–H and O–H groups in total. The van der Waals surface area contributed by atoms with Crippen LogP contribution < -0.4 is 4.90 Å². The zero-order valence-corrected chi connectivity index (χ0v) is 18.9. The lowest BCUT2D eigenvalue weighted by atomic mass is 9.98. The van der Waals surface area contributed by atoms with Crippen molar-refractivity contribution in [1.29, 1.82) is 0 Å². The quantitative estimate of drug-likeness (QED) is 0.423. The van der Waals surface area contributed by atoms with Gasteiger partial charge in [-0.1, -0.05) is 60.7 Å². The van der Waals surface area contributed by atoms with E-state index in [0.717, 1.165) is 55.2 Å². The Kier molecular flexibility index (Phi) is 5.29. The van der Waals surface area contributed by atoms with E-state index in [4.69, 9.17) is 4.37 Å². The highest BCUT2D eigenvalue weighted by atomic mass is 32.1. The fraction of sp³-hybridized carbons (Fsp3) is 0.200. The van der Waals surface area contributed by atoms with Gasteiger partial charge in [-0.25, -0.2) is 0 Å². The number of anilines is 1. The summed E-state index contributed by atoms with van der Waals surface area (Å²) in [4.78, 5) is 4.95. The molecule has 5 aromatic rings. The molecule has 3 aromatic carbocycles. The largest absolute Gasteiger partial charge is 0.353 e. The standard InChI is InChI=1S/C25H23N7S/c1-2-6-21(24-26-29-30-27-24)20(5-1)19-11-9-18(10-12-19)17-31-13-15-32(16-14-31)25-22-7-3-4-8-23(22)33-28-25/h1-12H,13-17H2,(H,26,27,29,30). The Morgan fingerprint density at radius 3 is 2.36 bits per heavy atom. The number of aromatic amines is 1. The second-order valence-electron chi connectivity index (χ2n) is 8.24. The van der Waals surface area contributed by atoms with Crippen molar-refractivity contribution in [3.05, 3.63) is 78.4 Å². The lowest BCUT2D eigenvalue weighted by molar-refractivity contribution is 0.249. The van der Waals surface area contributed by atoms with Gasteiger partial charge in [-0.2, -0.15) is 9.59 Å². The fourth-order valence-electron chi connectivity index (χ4n) is 4.47. The number of benzene rings is 3. The summed E-state index contributed by atoms with van der Waals surface area (Å²) in [6, 6.07) is 25.5. The molecule has 3 heterocycles. The summed E-state index contributed by atoms with van der Waals surface area (Å²) < 4.78 is 5.99. The van der Waals surface area contributed by atoms with E-state index in [2.05, 4.69) is 85.0 Å². The minimum atomic E-state index is 0.612. The van der Waals surface area contributed by atoms with Gasteiger partial charge in [0.05, 0.1) is 4.70 Å². The number of rotatable bonds is 5. The molecule has 33 heavy (non-hydrogen) atoms. The van der Waals surface area contributed by atoms with Crippen LogP contribution in [0.4, 0.5) is 5.82 Å². The normalized spacial score (nSPS) is 14.7. The van der Waals surface area contributed by atoms with Crippen LogP contribution >= 0.6 is 11.5 Å². The van der Waals surface area contributed by atoms with Gasteiger partial charge < -0.3 is 4.90 Å². The molecule has 1 aliphatic rings. The monoisotopic (exact) mass is 453 g/mol. The van der Waals surface area contributed by atoms with Gasteiger partial charge in [-0.05, 0) is 45.6 Å². The predicted molar refractivity (Wildman–Crippen MR) is 132 cm³/mol. The van der Waals surface area contributed by atoms with Gasteiger partial charge >= 0.3 is 0 Å². The summed E-state index contributed by atoms with van der Waals surface area (Å²) in [5.74, 6) is 1.75. The molecule has 0 atom stereocenters. The minimum absolute atomic E-state index is 0.612. The third-order valence-electron chi connectivity index (χ3n) is 6.21. The molecule has 1 fully saturated rings. The van der Waals surface area contributed by atoms with Gasteiger partial charge in [0.1, 0.15) is 5.82 Å². The maximum Gasteiger partial charge on any atom is 0.205 e. The van der Waals surface area contributed by atoms with Crippen molar-refractivity contribution in [1.82, 2.24) is 29.9 Å². The predicted octanol–water partition coefficient (Wildman–Crippen LogP) is 4.47. The summed E-state index contributed by atoms with van der Waals surface area (Å²) in [7, 11) is 0. The molecular weight excluding hydrogens is 430 g/mol. The first-order valence-corrected chi connectivity index (χ1v) is 11.9. The van der Waals surface area contributed by atoms with Crippen molar-refractivity contribution in [2.75, 3.05) is 31.1 Å². The third-order valence-corrected chi connectivity index (χ3v) is 7.03. The molecule has 0 spiro atoms. The number of tetrazole rings is 1. The Balaban J connectivity index is 1.12. The van der Waals surface area contributed by atoms with Crippen LogP contribution in [-0.4, -0.2) is 56.1 Å². The average Bonchev–Trinajstić information content (AvgIpc) is 3.56. The number of nitrogens with one attached hydrogen (secondary N) is 1. The molecule has 7 nitrogen and oxygen atoms in total. The second-order valence-corrected chi connectivity index (χ2v) is 9.05. The average molecular weight is 454 g/mol. The summed E-state index contributed by atoms with van der Waals surface area (Å²) in [5, 5.41) is 15.8. The van der Waals surface area contributed by atoms with Crippen molar-refractivity contribution >= 4 is 27.4 Å². The molecule has 6 rings (SSSR count). The van der Waals surface area contributed by atoms with Gasteiger partial charge in [0, 0.05) is 43.7 Å². The van der Waals surface area contributed by atoms with Gasteiger partial charge in [0.2, 0.25) is 5.82 Å². The number of hydrogen-bond donors (Lipinski definition) is 1. The molecule has 164 valence electrons. The molecule has 1 saturated heterocycles. The molecule has 8 heteroatoms. The van der Waals surface area contributed by atoms with Crippen LogP contribution in [-0.2, 0) is 6.54 Å². The molecule has 0 bridgehead atoms. The van der Waals surface area contributed by atoms with Crippen LogP contribution in [0.5, 0.6) is 0 Å². The van der Waals surface area contributed by atoms with E-state index in [1.165, 1.54) is 15.6 Å². The highest BCUT2D eigenvalue weighted by molar-refractivity contribution is 7.13. The van der Waals surface area contributed by atoms with Crippen LogP contribution in [0.15, 0.2) is 72.8 Å². The molecule has 0 aliphatic carbocycles. The molecule has 0 saturated carbocycles. The van der Waals surface area contributed by atoms with E-state index in [1.807, 2.05) is 18.2 Å². The molecule has 0 amide bonds. The van der Waals surface area contributed by atoms with Crippen LogP contribution in [0.2, 0.25) is 0 Å². The van der Waals surface area contributed by atoms with Crippen LogP contribution in [0.25, 0.3) is 32.6 Å². The highest BCUT2D eigenvalue weighted by Crippen LogP contribution is 2.31. The van der Waals surface area contributed by atoms with Crippen LogP contribution in [0.3, 0.4) is 0 Å². The lowest BCUT2D eigenvalue weighted by Crippen LogP contribution is -2.46. The summed E-state index contributed by atoms with van der Waals surface area (Å²) in [5.41, 5.74) is 4.56. The number of fused-ring (bicyclic) bond motifs is 1. The first-order chi connectivity index (χ1) is 16.3. The van der Waals surface area contributed by atoms with E-state index >= 15 is 0 Å². The van der Waals surface area contributed by atoms with E-state index < -0.39 is 0 Å². The third kappa shape index (κ3) is 3.99. The van der Waals surface area contributed by atoms with Gasteiger partial charge in [-0.15, -0.1) is 10.2 Å². The minimum Gasteiger partial charge on any atom is -0.353 e. The van der Waals surface area contributed by atoms with Crippen LogP contribution in [0.1, 0.15) is 5.56 Å². The first kappa shape index (κ1) is 20.0. The Labute approximate surface area is 195 Å². The van der Waals surface area contributed by atoms with E-state index in [-0.39, 0.29) is 0 Å². The van der Waals surface area contributed by atoms with Crippen molar-refractivity contribution in [3.8, 4) is 22.5 Å². The summed E-state index contributed by atoms with van der Waals surface area (Å²) in [6.45, 7) is 5.04. The van der Waals surface area contributed by atoms with Crippen molar-refractivity contribution < 1.29 is 0 Å². The maximum absolute atomic E-state index is 4.73. The van der Waals surface area contributed by atoms with Crippen molar-refractivity contribution in [2.45, 2.75) is 6.54 Å². The van der Waals surface area contributed by atoms with Gasteiger partial charge in [-0.3, -0.25) is 4.90 Å². The van der Waals surface area contributed by atoms with Gasteiger partial charge in [0.15, 0.2) is 0 Å². The maximum atomic E-state index is 4.73. The fourth-order valence-corrected chi connectivity index (χ4v) is 5.27. The van der Waals surface area contributed by atoms with E-state index in [9.17, 15) is 0 Å². The Morgan fingerprint density at radius 1 is 0.818 bits per heavy atom. The number of hydrogen-bond acceptors (Lipinski definition) is 7. The number of aromatic nitrogens is 5. The first-order valence-electron chi connectivity index (χ1n) is 11.1. The lowest BCUT2D eigenvalue weighted by Gasteiger charge is -2.35. The number of piperazine rings is 1. The Hall–Kier alpha value is -3.62. The number of H-pyrrole nitrogens is 1. The van der Waals surface area contributed by atoms with Crippen molar-refractivity contribution in [3.63, 3.8) is 0 Å². The topological polar surface area (TPSA) is 73.8 Å². The molecule has 0 unspecified atom stereocenters. The van der Waals surface area contributed by atoms with Gasteiger partial charge in [0.25, 0.3) is 0 Å². The Bertz CT molecular complexity index is 1350. The van der Waals surface area contributed by atoms with Crippen molar-refractivity contribution in [2.24, 2.45) is 0 Å². The summed E-state index contributed by atoms with van der Waals surface area (Å²) in [6.07, 6.45) is 0. The van der Waals surface area contributed by atoms with Crippen LogP contribution in [0, 0.1) is 0 Å². The number of nitrogens with zero attached hydrogens (tertiary/aromatic N) is 6. The zero-order chi connectivity index (χ0) is 22.0. The summed E-state index contributed by atoms with van der Waals surface area (Å²) >= 11 is 1.59. The van der Waals surface area contributed by atoms with E-state index in [0.29, 0.717) is 5.82 Å². The second kappa shape index (κ2) is 8.73. The molecule has 2 aromatic heterocycles. The van der Waals surface area contributed by atoms with E-state index in [1.54, 1.807) is 11.5 Å². The smallest absolute Gasteiger partial charge is 0.205 e.